The highest BCUT2D eigenvalue weighted by Gasteiger charge is 2.46. The van der Waals surface area contributed by atoms with Gasteiger partial charge >= 0.3 is 0 Å². The fraction of sp³-hybridized carbons (Fsp3) is 0.200. The first-order chi connectivity index (χ1) is 15.4. The highest BCUT2D eigenvalue weighted by Crippen LogP contribution is 2.42. The van der Waals surface area contributed by atoms with Gasteiger partial charge in [0.2, 0.25) is 0 Å². The largest absolute Gasteiger partial charge is 0.508 e. The van der Waals surface area contributed by atoms with Crippen LogP contribution in [0.3, 0.4) is 0 Å². The van der Waals surface area contributed by atoms with Crippen molar-refractivity contribution in [3.8, 4) is 11.5 Å². The number of furan rings is 1. The third kappa shape index (κ3) is 3.32. The quantitative estimate of drug-likeness (QED) is 0.369. The van der Waals surface area contributed by atoms with Crippen molar-refractivity contribution in [1.29, 1.82) is 0 Å². The van der Waals surface area contributed by atoms with Crippen LogP contribution < -0.4 is 4.74 Å². The van der Waals surface area contributed by atoms with Crippen LogP contribution in [0.25, 0.3) is 5.76 Å². The maximum absolute atomic E-state index is 13.1. The molecule has 0 spiro atoms. The number of ether oxygens (including phenoxy) is 1. The van der Waals surface area contributed by atoms with Gasteiger partial charge < -0.3 is 24.3 Å². The zero-order valence-electron chi connectivity index (χ0n) is 17.3. The van der Waals surface area contributed by atoms with Gasteiger partial charge in [-0.1, -0.05) is 12.1 Å². The number of hydrogen-bond acceptors (Lipinski definition) is 6. The number of likely N-dealkylation sites (tertiary alicyclic amines) is 1. The van der Waals surface area contributed by atoms with Gasteiger partial charge in [0.1, 0.15) is 29.1 Å². The smallest absolute Gasteiger partial charge is 0.296 e. The van der Waals surface area contributed by atoms with E-state index in [0.717, 1.165) is 11.3 Å². The molecule has 2 unspecified atom stereocenters. The molecule has 3 aromatic rings. The van der Waals surface area contributed by atoms with Gasteiger partial charge in [-0.05, 0) is 60.5 Å². The molecular weight excluding hydrogens is 410 g/mol. The summed E-state index contributed by atoms with van der Waals surface area (Å²) in [6, 6.07) is 14.1. The summed E-state index contributed by atoms with van der Waals surface area (Å²) in [5.41, 5.74) is 1.84. The van der Waals surface area contributed by atoms with E-state index in [2.05, 4.69) is 0 Å². The fourth-order valence-electron chi connectivity index (χ4n) is 4.38. The predicted molar refractivity (Wildman–Crippen MR) is 115 cm³/mol. The number of aliphatic hydroxyl groups excluding tert-OH is 1. The van der Waals surface area contributed by atoms with Crippen molar-refractivity contribution in [1.82, 2.24) is 4.90 Å². The maximum atomic E-state index is 13.1. The minimum absolute atomic E-state index is 0.00486. The van der Waals surface area contributed by atoms with Crippen LogP contribution in [0, 0.1) is 0 Å². The average Bonchev–Trinajstić information content (AvgIpc) is 3.47. The van der Waals surface area contributed by atoms with Gasteiger partial charge in [0, 0.05) is 12.0 Å². The average molecular weight is 431 g/mol. The van der Waals surface area contributed by atoms with E-state index in [0.29, 0.717) is 23.3 Å². The molecule has 2 aromatic carbocycles. The van der Waals surface area contributed by atoms with Crippen LogP contribution >= 0.6 is 0 Å². The van der Waals surface area contributed by atoms with E-state index < -0.39 is 17.7 Å². The number of carbonyl (C=O) groups excluding carboxylic acids is 2. The Hall–Kier alpha value is -4.00. The normalized spacial score (nSPS) is 21.6. The number of phenolic OH excluding ortho intramolecular Hbond substituents is 1. The molecule has 5 rings (SSSR count). The molecule has 1 aromatic heterocycles. The van der Waals surface area contributed by atoms with Crippen molar-refractivity contribution >= 4 is 17.4 Å². The maximum Gasteiger partial charge on any atom is 0.296 e. The molecule has 1 saturated heterocycles. The first-order valence-corrected chi connectivity index (χ1v) is 10.3. The number of aromatic hydroxyl groups is 1. The second kappa shape index (κ2) is 7.60. The van der Waals surface area contributed by atoms with Crippen LogP contribution in [0.4, 0.5) is 0 Å². The van der Waals surface area contributed by atoms with Gasteiger partial charge in [-0.15, -0.1) is 0 Å². The highest BCUT2D eigenvalue weighted by molar-refractivity contribution is 6.46. The van der Waals surface area contributed by atoms with Crippen LogP contribution in [0.2, 0.25) is 0 Å². The third-order valence-corrected chi connectivity index (χ3v) is 5.80. The van der Waals surface area contributed by atoms with Crippen molar-refractivity contribution in [2.24, 2.45) is 0 Å². The summed E-state index contributed by atoms with van der Waals surface area (Å²) < 4.78 is 11.1. The molecule has 0 bridgehead atoms. The number of rotatable bonds is 4. The Morgan fingerprint density at radius 3 is 2.72 bits per heavy atom. The van der Waals surface area contributed by atoms with E-state index in [1.165, 1.54) is 23.3 Å². The molecule has 32 heavy (non-hydrogen) atoms. The van der Waals surface area contributed by atoms with E-state index in [4.69, 9.17) is 9.15 Å². The molecule has 7 nitrogen and oxygen atoms in total. The first kappa shape index (κ1) is 19.9. The van der Waals surface area contributed by atoms with Crippen molar-refractivity contribution in [3.63, 3.8) is 0 Å². The summed E-state index contributed by atoms with van der Waals surface area (Å²) in [5.74, 6) is -0.546. The number of Topliss-reactive ketones (excluding diaryl/α,β-unsaturated/α-hetero) is 1. The number of amides is 1. The Bertz CT molecular complexity index is 1240. The van der Waals surface area contributed by atoms with Crippen molar-refractivity contribution < 1.29 is 29.0 Å². The van der Waals surface area contributed by atoms with E-state index in [9.17, 15) is 19.8 Å². The van der Waals surface area contributed by atoms with Crippen LogP contribution in [0.15, 0.2) is 70.9 Å². The summed E-state index contributed by atoms with van der Waals surface area (Å²) in [6.45, 7) is 2.01. The van der Waals surface area contributed by atoms with Gasteiger partial charge in [0.05, 0.1) is 24.4 Å². The van der Waals surface area contributed by atoms with Gasteiger partial charge in [-0.25, -0.2) is 0 Å². The van der Waals surface area contributed by atoms with E-state index in [1.54, 1.807) is 42.5 Å². The molecule has 1 amide bonds. The van der Waals surface area contributed by atoms with Crippen LogP contribution in [-0.2, 0) is 22.6 Å². The number of carbonyl (C=O) groups is 2. The predicted octanol–water partition coefficient (Wildman–Crippen LogP) is 3.93. The van der Waals surface area contributed by atoms with Gasteiger partial charge in [-0.3, -0.25) is 9.59 Å². The molecule has 2 aliphatic rings. The molecule has 162 valence electrons. The minimum atomic E-state index is -0.879. The van der Waals surface area contributed by atoms with Gasteiger partial charge in [0.15, 0.2) is 0 Å². The van der Waals surface area contributed by atoms with Crippen molar-refractivity contribution in [2.75, 3.05) is 0 Å². The number of aliphatic hydroxyl groups is 1. The Morgan fingerprint density at radius 2 is 1.97 bits per heavy atom. The number of fused-ring (bicyclic) bond motifs is 1. The third-order valence-electron chi connectivity index (χ3n) is 5.80. The highest BCUT2D eigenvalue weighted by atomic mass is 16.5. The zero-order valence-corrected chi connectivity index (χ0v) is 17.3. The first-order valence-electron chi connectivity index (χ1n) is 10.3. The summed E-state index contributed by atoms with van der Waals surface area (Å²) >= 11 is 0. The minimum Gasteiger partial charge on any atom is -0.508 e. The lowest BCUT2D eigenvalue weighted by molar-refractivity contribution is -0.140. The Morgan fingerprint density at radius 1 is 1.12 bits per heavy atom. The molecule has 0 saturated carbocycles. The topological polar surface area (TPSA) is 100 Å². The summed E-state index contributed by atoms with van der Waals surface area (Å²) in [7, 11) is 0. The molecule has 0 radical (unpaired) electrons. The monoisotopic (exact) mass is 431 g/mol. The fourth-order valence-corrected chi connectivity index (χ4v) is 4.38. The van der Waals surface area contributed by atoms with Gasteiger partial charge in [-0.2, -0.15) is 0 Å². The SMILES string of the molecule is CC1Cc2cc(/C(O)=C3\C(=O)C(=O)N(Cc4ccco4)C3c3cccc(O)c3)ccc2O1. The Balaban J connectivity index is 1.64. The standard InChI is InChI=1S/C25H21NO6/c1-14-10-17-11-16(7-8-20(17)32-14)23(28)21-22(15-4-2-5-18(27)12-15)26(25(30)24(21)29)13-19-6-3-9-31-19/h2-9,11-12,14,22,27-28H,10,13H2,1H3/b23-21+. The lowest BCUT2D eigenvalue weighted by atomic mass is 9.94. The van der Waals surface area contributed by atoms with Crippen molar-refractivity contribution in [2.45, 2.75) is 32.0 Å². The molecule has 2 aliphatic heterocycles. The van der Waals surface area contributed by atoms with Crippen LogP contribution in [0.1, 0.15) is 35.4 Å². The van der Waals surface area contributed by atoms with E-state index >= 15 is 0 Å². The number of hydrogen-bond donors (Lipinski definition) is 2. The zero-order chi connectivity index (χ0) is 22.4. The Labute approximate surface area is 184 Å². The number of nitrogens with zero attached hydrogens (tertiary/aromatic N) is 1. The summed E-state index contributed by atoms with van der Waals surface area (Å²) in [5, 5.41) is 21.2. The van der Waals surface area contributed by atoms with Gasteiger partial charge in [0.25, 0.3) is 11.7 Å². The molecule has 2 N–H and O–H groups in total. The molecule has 2 atom stereocenters. The molecule has 7 heteroatoms. The number of ketones is 1. The number of phenols is 1. The van der Waals surface area contributed by atoms with Crippen LogP contribution in [0.5, 0.6) is 11.5 Å². The second-order valence-electron chi connectivity index (χ2n) is 8.06. The number of benzene rings is 2. The lowest BCUT2D eigenvalue weighted by Crippen LogP contribution is -2.29. The summed E-state index contributed by atoms with van der Waals surface area (Å²) in [6.07, 6.45) is 2.22. The molecular formula is C25H21NO6. The molecule has 3 heterocycles. The molecule has 1 fully saturated rings. The summed E-state index contributed by atoms with van der Waals surface area (Å²) in [4.78, 5) is 27.4. The Kier molecular flexibility index (Phi) is 4.74. The lowest BCUT2D eigenvalue weighted by Gasteiger charge is -2.24. The molecule has 0 aliphatic carbocycles. The van der Waals surface area contributed by atoms with E-state index in [-0.39, 0.29) is 29.7 Å². The van der Waals surface area contributed by atoms with Crippen molar-refractivity contribution in [3.05, 3.63) is 88.9 Å². The van der Waals surface area contributed by atoms with Crippen LogP contribution in [-0.4, -0.2) is 32.9 Å². The second-order valence-corrected chi connectivity index (χ2v) is 8.06. The van der Waals surface area contributed by atoms with E-state index in [1.807, 2.05) is 6.92 Å².